The molecule has 5 nitrogen and oxygen atoms in total. The molecule has 0 bridgehead atoms. The molecule has 1 aliphatic rings. The van der Waals surface area contributed by atoms with Crippen LogP contribution in [0.3, 0.4) is 0 Å². The second-order valence-corrected chi connectivity index (χ2v) is 7.32. The maximum atomic E-state index is 12.9. The summed E-state index contributed by atoms with van der Waals surface area (Å²) in [6, 6.07) is 17.4. The summed E-state index contributed by atoms with van der Waals surface area (Å²) in [4.78, 5) is 29.0. The number of likely N-dealkylation sites (N-methyl/N-ethyl adjacent to an activating group) is 1. The highest BCUT2D eigenvalue weighted by atomic mass is 16.5. The summed E-state index contributed by atoms with van der Waals surface area (Å²) in [5.74, 6) is -0.484. The molecule has 3 rings (SSSR count). The molecule has 1 atom stereocenters. The van der Waals surface area contributed by atoms with Gasteiger partial charge < -0.3 is 14.5 Å². The largest absolute Gasteiger partial charge is 0.465 e. The van der Waals surface area contributed by atoms with Gasteiger partial charge in [0.2, 0.25) is 0 Å². The van der Waals surface area contributed by atoms with Crippen molar-refractivity contribution in [3.63, 3.8) is 0 Å². The Morgan fingerprint density at radius 3 is 2.61 bits per heavy atom. The number of amides is 1. The fraction of sp³-hybridized carbons (Fsp3) is 0.391. The molecule has 1 aliphatic heterocycles. The third-order valence-corrected chi connectivity index (χ3v) is 5.44. The van der Waals surface area contributed by atoms with Crippen LogP contribution in [0.15, 0.2) is 54.6 Å². The summed E-state index contributed by atoms with van der Waals surface area (Å²) in [6.07, 6.45) is 3.10. The Bertz CT molecular complexity index is 807. The molecule has 0 aliphatic carbocycles. The van der Waals surface area contributed by atoms with Crippen LogP contribution in [-0.2, 0) is 11.2 Å². The minimum absolute atomic E-state index is 0.0549. The van der Waals surface area contributed by atoms with Gasteiger partial charge in [-0.05, 0) is 49.6 Å². The van der Waals surface area contributed by atoms with E-state index in [-0.39, 0.29) is 11.9 Å². The molecule has 1 unspecified atom stereocenters. The lowest BCUT2D eigenvalue weighted by molar-refractivity contribution is 0.0600. The molecule has 148 valence electrons. The zero-order valence-corrected chi connectivity index (χ0v) is 16.6. The van der Waals surface area contributed by atoms with Gasteiger partial charge >= 0.3 is 5.97 Å². The maximum absolute atomic E-state index is 12.9. The average molecular weight is 380 g/mol. The summed E-state index contributed by atoms with van der Waals surface area (Å²) in [6.45, 7) is 2.95. The number of hydrogen-bond donors (Lipinski definition) is 0. The molecule has 1 fully saturated rings. The summed E-state index contributed by atoms with van der Waals surface area (Å²) in [5, 5.41) is 0. The van der Waals surface area contributed by atoms with Crippen molar-refractivity contribution < 1.29 is 14.3 Å². The van der Waals surface area contributed by atoms with E-state index in [9.17, 15) is 9.59 Å². The van der Waals surface area contributed by atoms with E-state index in [0.717, 1.165) is 38.9 Å². The van der Waals surface area contributed by atoms with Gasteiger partial charge in [0.15, 0.2) is 0 Å². The molecular weight excluding hydrogens is 352 g/mol. The molecular formula is C23H28N2O3. The van der Waals surface area contributed by atoms with Crippen LogP contribution in [0.2, 0.25) is 0 Å². The van der Waals surface area contributed by atoms with Gasteiger partial charge in [0.25, 0.3) is 5.91 Å². The van der Waals surface area contributed by atoms with Crippen molar-refractivity contribution in [3.8, 4) is 0 Å². The van der Waals surface area contributed by atoms with Crippen LogP contribution in [0.4, 0.5) is 0 Å². The average Bonchev–Trinajstić information content (AvgIpc) is 2.77. The Kier molecular flexibility index (Phi) is 6.82. The Hall–Kier alpha value is -2.66. The number of likely N-dealkylation sites (tertiary alicyclic amines) is 1. The fourth-order valence-corrected chi connectivity index (χ4v) is 3.75. The van der Waals surface area contributed by atoms with Gasteiger partial charge in [-0.1, -0.05) is 36.4 Å². The van der Waals surface area contributed by atoms with E-state index in [1.807, 2.05) is 18.0 Å². The standard InChI is InChI=1S/C23H28N2O3/c1-24(22(26)19-10-6-11-20(16-19)23(27)28-2)21-12-7-14-25(17-21)15-13-18-8-4-3-5-9-18/h3-6,8-11,16,21H,7,12-15,17H2,1-2H3. The Morgan fingerprint density at radius 2 is 1.86 bits per heavy atom. The first kappa shape index (κ1) is 20.1. The van der Waals surface area contributed by atoms with E-state index in [1.165, 1.54) is 12.7 Å². The molecule has 2 aromatic carbocycles. The summed E-state index contributed by atoms with van der Waals surface area (Å²) >= 11 is 0. The third-order valence-electron chi connectivity index (χ3n) is 5.44. The first-order valence-electron chi connectivity index (χ1n) is 9.80. The van der Waals surface area contributed by atoms with Gasteiger partial charge in [-0.3, -0.25) is 4.79 Å². The van der Waals surface area contributed by atoms with Crippen LogP contribution in [-0.4, -0.2) is 61.5 Å². The molecule has 1 amide bonds. The second-order valence-electron chi connectivity index (χ2n) is 7.32. The second kappa shape index (κ2) is 9.51. The monoisotopic (exact) mass is 380 g/mol. The summed E-state index contributed by atoms with van der Waals surface area (Å²) in [5.41, 5.74) is 2.26. The zero-order valence-electron chi connectivity index (χ0n) is 16.6. The number of nitrogens with zero attached hydrogens (tertiary/aromatic N) is 2. The minimum atomic E-state index is -0.429. The van der Waals surface area contributed by atoms with E-state index in [2.05, 4.69) is 29.2 Å². The van der Waals surface area contributed by atoms with E-state index < -0.39 is 5.97 Å². The molecule has 0 spiro atoms. The summed E-state index contributed by atoms with van der Waals surface area (Å²) < 4.78 is 4.75. The van der Waals surface area contributed by atoms with Crippen LogP contribution in [0.25, 0.3) is 0 Å². The Balaban J connectivity index is 1.60. The van der Waals surface area contributed by atoms with Crippen molar-refractivity contribution in [2.24, 2.45) is 0 Å². The highest BCUT2D eigenvalue weighted by Gasteiger charge is 2.27. The van der Waals surface area contributed by atoms with E-state index in [0.29, 0.717) is 11.1 Å². The number of esters is 1. The molecule has 0 aromatic heterocycles. The number of piperidine rings is 1. The number of methoxy groups -OCH3 is 1. The molecule has 0 saturated carbocycles. The number of carbonyl (C=O) groups excluding carboxylic acids is 2. The van der Waals surface area contributed by atoms with E-state index in [1.54, 1.807) is 24.3 Å². The van der Waals surface area contributed by atoms with E-state index >= 15 is 0 Å². The molecule has 5 heteroatoms. The van der Waals surface area contributed by atoms with Crippen molar-refractivity contribution in [1.82, 2.24) is 9.80 Å². The van der Waals surface area contributed by atoms with Crippen molar-refractivity contribution >= 4 is 11.9 Å². The minimum Gasteiger partial charge on any atom is -0.465 e. The first-order valence-corrected chi connectivity index (χ1v) is 9.80. The lowest BCUT2D eigenvalue weighted by atomic mass is 10.0. The molecule has 28 heavy (non-hydrogen) atoms. The maximum Gasteiger partial charge on any atom is 0.337 e. The van der Waals surface area contributed by atoms with Gasteiger partial charge in [0.1, 0.15) is 0 Å². The van der Waals surface area contributed by atoms with Gasteiger partial charge in [-0.25, -0.2) is 4.79 Å². The summed E-state index contributed by atoms with van der Waals surface area (Å²) in [7, 11) is 3.20. The van der Waals surface area contributed by atoms with Crippen molar-refractivity contribution in [1.29, 1.82) is 0 Å². The lowest BCUT2D eigenvalue weighted by Crippen LogP contribution is -2.49. The zero-order chi connectivity index (χ0) is 19.9. The smallest absolute Gasteiger partial charge is 0.337 e. The van der Waals surface area contributed by atoms with Crippen LogP contribution < -0.4 is 0 Å². The predicted molar refractivity (Wildman–Crippen MR) is 109 cm³/mol. The third kappa shape index (κ3) is 4.98. The number of ether oxygens (including phenoxy) is 1. The topological polar surface area (TPSA) is 49.9 Å². The quantitative estimate of drug-likeness (QED) is 0.722. The Labute approximate surface area is 166 Å². The molecule has 0 N–H and O–H groups in total. The number of benzene rings is 2. The number of carbonyl (C=O) groups is 2. The van der Waals surface area contributed by atoms with Crippen LogP contribution >= 0.6 is 0 Å². The van der Waals surface area contributed by atoms with Crippen LogP contribution in [0.1, 0.15) is 39.1 Å². The predicted octanol–water partition coefficient (Wildman–Crippen LogP) is 3.25. The fourth-order valence-electron chi connectivity index (χ4n) is 3.75. The first-order chi connectivity index (χ1) is 13.6. The van der Waals surface area contributed by atoms with Crippen LogP contribution in [0, 0.1) is 0 Å². The van der Waals surface area contributed by atoms with Gasteiger partial charge in [-0.2, -0.15) is 0 Å². The Morgan fingerprint density at radius 1 is 1.11 bits per heavy atom. The van der Waals surface area contributed by atoms with E-state index in [4.69, 9.17) is 4.74 Å². The van der Waals surface area contributed by atoms with Gasteiger partial charge in [-0.15, -0.1) is 0 Å². The molecule has 1 heterocycles. The number of hydrogen-bond acceptors (Lipinski definition) is 4. The molecule has 2 aromatic rings. The molecule has 1 saturated heterocycles. The lowest BCUT2D eigenvalue weighted by Gasteiger charge is -2.37. The van der Waals surface area contributed by atoms with Crippen molar-refractivity contribution in [3.05, 3.63) is 71.3 Å². The molecule has 0 radical (unpaired) electrons. The van der Waals surface area contributed by atoms with Gasteiger partial charge in [0, 0.05) is 31.7 Å². The SMILES string of the molecule is COC(=O)c1cccc(C(=O)N(C)C2CCCN(CCc3ccccc3)C2)c1. The number of rotatable bonds is 6. The van der Waals surface area contributed by atoms with Crippen LogP contribution in [0.5, 0.6) is 0 Å². The highest BCUT2D eigenvalue weighted by molar-refractivity contribution is 5.97. The van der Waals surface area contributed by atoms with Crippen molar-refractivity contribution in [2.75, 3.05) is 33.8 Å². The van der Waals surface area contributed by atoms with Crippen molar-refractivity contribution in [2.45, 2.75) is 25.3 Å². The normalized spacial score (nSPS) is 17.1. The highest BCUT2D eigenvalue weighted by Crippen LogP contribution is 2.18. The van der Waals surface area contributed by atoms with Gasteiger partial charge in [0.05, 0.1) is 12.7 Å².